The summed E-state index contributed by atoms with van der Waals surface area (Å²) in [6.07, 6.45) is 1.20. The van der Waals surface area contributed by atoms with E-state index < -0.39 is 27.8 Å². The van der Waals surface area contributed by atoms with Gasteiger partial charge < -0.3 is 37.0 Å². The van der Waals surface area contributed by atoms with Crippen LogP contribution in [0.3, 0.4) is 0 Å². The second-order valence-electron chi connectivity index (χ2n) is 6.79. The van der Waals surface area contributed by atoms with Gasteiger partial charge in [-0.25, -0.2) is 5.23 Å². The van der Waals surface area contributed by atoms with Crippen LogP contribution in [0.1, 0.15) is 22.9 Å². The first-order chi connectivity index (χ1) is 14.7. The molecule has 12 nitrogen and oxygen atoms in total. The Morgan fingerprint density at radius 1 is 1.29 bits per heavy atom. The number of hydrazone groups is 1. The Bertz CT molecular complexity index is 1180. The van der Waals surface area contributed by atoms with Crippen LogP contribution < -0.4 is 21.4 Å². The molecule has 1 amide bonds. The Morgan fingerprint density at radius 3 is 2.68 bits per heavy atom. The molecule has 0 saturated carbocycles. The van der Waals surface area contributed by atoms with Gasteiger partial charge in [0, 0.05) is 24.0 Å². The molecule has 1 heterocycles. The largest absolute Gasteiger partial charge is 0.761 e. The van der Waals surface area contributed by atoms with Crippen LogP contribution in [0.5, 0.6) is 0 Å². The van der Waals surface area contributed by atoms with Crippen molar-refractivity contribution in [2.24, 2.45) is 10.9 Å². The predicted octanol–water partition coefficient (Wildman–Crippen LogP) is 1.08. The van der Waals surface area contributed by atoms with Crippen molar-refractivity contribution < 1.29 is 10.0 Å². The second-order valence-corrected chi connectivity index (χ2v) is 6.79. The maximum absolute atomic E-state index is 12.8. The van der Waals surface area contributed by atoms with Crippen molar-refractivity contribution in [3.05, 3.63) is 80.4 Å². The normalized spacial score (nSPS) is 12.7. The molecule has 0 spiro atoms. The van der Waals surface area contributed by atoms with Gasteiger partial charge in [-0.1, -0.05) is 12.1 Å². The molecular weight excluding hydrogens is 406 g/mol. The van der Waals surface area contributed by atoms with E-state index >= 15 is 0 Å². The standard InChI is InChI=1S/C19H19N7O5/c1-10-3-4-11(2)14(7-10)23-19(27)17(24-20)18(26(30)31)16-9-21-13-6-5-12(25(28)29)8-15(13)22-16/h3-9,18,30H,1-2H3,(H4-,20,21,22,23,24,27,28,29)/q-2. The molecule has 1 unspecified atom stereocenters. The third-order valence-corrected chi connectivity index (χ3v) is 4.60. The molecule has 2 aliphatic rings. The van der Waals surface area contributed by atoms with Crippen molar-refractivity contribution in [3.63, 3.8) is 0 Å². The van der Waals surface area contributed by atoms with Gasteiger partial charge in [-0.2, -0.15) is 10.0 Å². The number of fused-ring (bicyclic) bond motifs is 1. The fourth-order valence-electron chi connectivity index (χ4n) is 3.00. The van der Waals surface area contributed by atoms with E-state index in [1.807, 2.05) is 19.1 Å². The monoisotopic (exact) mass is 425 g/mol. The first-order valence-corrected chi connectivity index (χ1v) is 8.99. The van der Waals surface area contributed by atoms with Crippen molar-refractivity contribution in [1.29, 1.82) is 0 Å². The van der Waals surface area contributed by atoms with Gasteiger partial charge in [0.25, 0.3) is 5.91 Å². The van der Waals surface area contributed by atoms with Gasteiger partial charge in [-0.05, 0) is 37.1 Å². The fourth-order valence-corrected chi connectivity index (χ4v) is 3.00. The van der Waals surface area contributed by atoms with Gasteiger partial charge in [0.15, 0.2) is 0 Å². The van der Waals surface area contributed by atoms with Gasteiger partial charge in [0.1, 0.15) is 11.8 Å². The summed E-state index contributed by atoms with van der Waals surface area (Å²) in [4.78, 5) is 19.1. The lowest BCUT2D eigenvalue weighted by Gasteiger charge is -2.31. The molecule has 1 aliphatic carbocycles. The molecule has 5 N–H and O–H groups in total. The van der Waals surface area contributed by atoms with Crippen LogP contribution in [0, 0.1) is 29.5 Å². The Balaban J connectivity index is 2.02. The van der Waals surface area contributed by atoms with Crippen molar-refractivity contribution in [2.75, 3.05) is 5.32 Å². The predicted molar refractivity (Wildman–Crippen MR) is 113 cm³/mol. The first-order valence-electron chi connectivity index (χ1n) is 8.99. The van der Waals surface area contributed by atoms with Gasteiger partial charge >= 0.3 is 0 Å². The van der Waals surface area contributed by atoms with E-state index in [1.54, 1.807) is 13.0 Å². The fraction of sp³-hybridized carbons (Fsp3) is 0.158. The average molecular weight is 425 g/mol. The topological polar surface area (TPSA) is 192 Å². The van der Waals surface area contributed by atoms with Crippen LogP contribution in [0.15, 0.2) is 47.7 Å². The van der Waals surface area contributed by atoms with Crippen LogP contribution in [0.2, 0.25) is 0 Å². The molecule has 0 radical (unpaired) electrons. The van der Waals surface area contributed by atoms with Gasteiger partial charge in [0.05, 0.1) is 17.1 Å². The highest BCUT2D eigenvalue weighted by molar-refractivity contribution is 6.44. The zero-order valence-electron chi connectivity index (χ0n) is 16.6. The number of hydrogen-bond donors (Lipinski definition) is 4. The Labute approximate surface area is 176 Å². The summed E-state index contributed by atoms with van der Waals surface area (Å²) in [5.74, 6) is 4.56. The molecule has 1 aliphatic heterocycles. The number of rotatable bonds is 5. The Kier molecular flexibility index (Phi) is 6.15. The number of carbonyl (C=O) groups is 1. The van der Waals surface area contributed by atoms with E-state index in [0.717, 1.165) is 11.1 Å². The highest BCUT2D eigenvalue weighted by atomic mass is 16.8. The summed E-state index contributed by atoms with van der Waals surface area (Å²) < 4.78 is 0. The second kappa shape index (κ2) is 8.79. The number of benzene rings is 2. The lowest BCUT2D eigenvalue weighted by Crippen LogP contribution is -2.37. The zero-order valence-corrected chi connectivity index (χ0v) is 16.6. The third kappa shape index (κ3) is 4.61. The molecule has 3 rings (SSSR count). The van der Waals surface area contributed by atoms with Crippen LogP contribution in [-0.2, 0) is 4.79 Å². The van der Waals surface area contributed by atoms with E-state index in [1.165, 1.54) is 24.4 Å². The first kappa shape index (κ1) is 21.7. The zero-order chi connectivity index (χ0) is 22.7. The highest BCUT2D eigenvalue weighted by Gasteiger charge is 2.28. The number of H-pyrrole nitrogens is 1. The smallest absolute Gasteiger partial charge is 0.273 e. The van der Waals surface area contributed by atoms with E-state index in [2.05, 4.69) is 20.4 Å². The summed E-state index contributed by atoms with van der Waals surface area (Å²) in [6.45, 7) is 3.63. The van der Waals surface area contributed by atoms with E-state index in [9.17, 15) is 25.6 Å². The molecule has 0 aromatic heterocycles. The molecule has 0 bridgehead atoms. The number of aryl methyl sites for hydroxylation is 2. The number of amides is 1. The lowest BCUT2D eigenvalue weighted by molar-refractivity contribution is -0.112. The Hall–Kier alpha value is -4.00. The minimum Gasteiger partial charge on any atom is -0.761 e. The SMILES string of the molecule is Cc1ccc(C)c(NC(=O)/C(=N/N)C(c2cnc3ccc(=[N+]([O-])[O-])cc-3[nH]2)N([O-])O)c1. The number of hydrogen-bond acceptors (Lipinski definition) is 9. The molecule has 31 heavy (non-hydrogen) atoms. The summed E-state index contributed by atoms with van der Waals surface area (Å²) in [5, 5.41) is 49.0. The molecule has 0 saturated heterocycles. The molecule has 1 atom stereocenters. The summed E-state index contributed by atoms with van der Waals surface area (Å²) >= 11 is 0. The number of aromatic amines is 1. The third-order valence-electron chi connectivity index (χ3n) is 4.60. The minimum atomic E-state index is -1.66. The summed E-state index contributed by atoms with van der Waals surface area (Å²) in [5.41, 5.74) is 2.18. The van der Waals surface area contributed by atoms with Crippen molar-refractivity contribution in [3.8, 4) is 11.4 Å². The highest BCUT2D eigenvalue weighted by Crippen LogP contribution is 2.24. The minimum absolute atomic E-state index is 0.0502. The van der Waals surface area contributed by atoms with Crippen LogP contribution in [-0.4, -0.2) is 32.0 Å². The quantitative estimate of drug-likeness (QED) is 0.265. The molecular formula is C19H19N7O5-2. The molecule has 12 heteroatoms. The Morgan fingerprint density at radius 2 is 2.03 bits per heavy atom. The maximum Gasteiger partial charge on any atom is 0.273 e. The number of nitrogens with one attached hydrogen (secondary N) is 2. The summed E-state index contributed by atoms with van der Waals surface area (Å²) in [6, 6.07) is 7.65. The number of nitrogens with two attached hydrogens (primary N) is 1. The molecule has 0 fully saturated rings. The van der Waals surface area contributed by atoms with Gasteiger partial charge in [-0.3, -0.25) is 9.78 Å². The van der Waals surface area contributed by atoms with E-state index in [-0.39, 0.29) is 16.7 Å². The lowest BCUT2D eigenvalue weighted by atomic mass is 10.1. The number of hydroxylamine groups is 2. The number of nitrogens with zero attached hydrogens (tertiary/aromatic N) is 4. The average Bonchev–Trinajstić information content (AvgIpc) is 2.73. The van der Waals surface area contributed by atoms with Crippen molar-refractivity contribution in [1.82, 2.24) is 20.1 Å². The van der Waals surface area contributed by atoms with Crippen LogP contribution in [0.4, 0.5) is 5.69 Å². The molecule has 1 aromatic rings. The van der Waals surface area contributed by atoms with Crippen LogP contribution in [0.25, 0.3) is 11.4 Å². The number of carbonyl (C=O) groups excluding carboxylic acids is 1. The summed E-state index contributed by atoms with van der Waals surface area (Å²) in [7, 11) is 0. The van der Waals surface area contributed by atoms with Gasteiger partial charge in [-0.15, -0.1) is 0 Å². The maximum atomic E-state index is 12.8. The van der Waals surface area contributed by atoms with Crippen LogP contribution >= 0.6 is 0 Å². The van der Waals surface area contributed by atoms with E-state index in [0.29, 0.717) is 11.4 Å². The van der Waals surface area contributed by atoms with Crippen molar-refractivity contribution >= 4 is 17.3 Å². The number of aromatic nitrogens is 2. The van der Waals surface area contributed by atoms with Crippen molar-refractivity contribution in [2.45, 2.75) is 19.9 Å². The van der Waals surface area contributed by atoms with Gasteiger partial charge in [0.2, 0.25) is 5.36 Å². The molecule has 1 aromatic carbocycles. The number of anilines is 1. The van der Waals surface area contributed by atoms with E-state index in [4.69, 9.17) is 5.84 Å². The molecule has 162 valence electrons.